The number of fused-ring (bicyclic) bond motifs is 1. The average molecular weight is 364 g/mol. The highest BCUT2D eigenvalue weighted by atomic mass is 32.2. The molecule has 0 fully saturated rings. The van der Waals surface area contributed by atoms with E-state index in [1.807, 2.05) is 11.9 Å². The van der Waals surface area contributed by atoms with E-state index in [2.05, 4.69) is 42.8 Å². The first kappa shape index (κ1) is 19.7. The summed E-state index contributed by atoms with van der Waals surface area (Å²) in [4.78, 5) is 23.3. The molecule has 6 nitrogen and oxygen atoms in total. The van der Waals surface area contributed by atoms with Crippen molar-refractivity contribution in [2.24, 2.45) is 18.9 Å². The highest BCUT2D eigenvalue weighted by Gasteiger charge is 2.16. The van der Waals surface area contributed by atoms with Crippen LogP contribution >= 0.6 is 11.8 Å². The molecule has 1 amide bonds. The topological polar surface area (TPSA) is 63.9 Å². The molecule has 0 aromatic carbocycles. The number of hydrogen-bond acceptors (Lipinski definition) is 5. The predicted molar refractivity (Wildman–Crippen MR) is 103 cm³/mol. The number of carbonyl (C=O) groups is 1. The summed E-state index contributed by atoms with van der Waals surface area (Å²) >= 11 is 1.47. The van der Waals surface area contributed by atoms with Crippen molar-refractivity contribution < 1.29 is 4.79 Å². The van der Waals surface area contributed by atoms with Crippen molar-refractivity contribution in [2.45, 2.75) is 45.6 Å². The highest BCUT2D eigenvalue weighted by Crippen LogP contribution is 2.24. The standard InChI is InChI=1S/C18H29N5OS/c1-13(2)6-8-23(9-7-14(3)4)16(24)11-25-18-15-10-21-22(5)17(15)19-12-20-18/h10,12-14H,6-9,11H2,1-5H3. The van der Waals surface area contributed by atoms with Crippen LogP contribution in [0.4, 0.5) is 0 Å². The Labute approximate surface area is 154 Å². The van der Waals surface area contributed by atoms with Gasteiger partial charge in [-0.25, -0.2) is 9.97 Å². The Morgan fingerprint density at radius 3 is 2.40 bits per heavy atom. The first-order chi connectivity index (χ1) is 11.9. The molecule has 0 radical (unpaired) electrons. The normalized spacial score (nSPS) is 11.6. The summed E-state index contributed by atoms with van der Waals surface area (Å²) in [5, 5.41) is 5.94. The van der Waals surface area contributed by atoms with Crippen LogP contribution < -0.4 is 0 Å². The summed E-state index contributed by atoms with van der Waals surface area (Å²) in [7, 11) is 1.86. The molecule has 2 heterocycles. The fraction of sp³-hybridized carbons (Fsp3) is 0.667. The molecule has 0 aliphatic rings. The van der Waals surface area contributed by atoms with Gasteiger partial charge in [0.15, 0.2) is 5.65 Å². The van der Waals surface area contributed by atoms with E-state index in [4.69, 9.17) is 0 Å². The SMILES string of the molecule is CC(C)CCN(CCC(C)C)C(=O)CSc1ncnc2c1cnn2C. The number of amides is 1. The van der Waals surface area contributed by atoms with E-state index in [0.717, 1.165) is 42.0 Å². The first-order valence-corrected chi connectivity index (χ1v) is 9.90. The molecular weight excluding hydrogens is 334 g/mol. The Hall–Kier alpha value is -1.63. The van der Waals surface area contributed by atoms with Crippen molar-refractivity contribution in [1.82, 2.24) is 24.6 Å². The third-order valence-corrected chi connectivity index (χ3v) is 5.12. The van der Waals surface area contributed by atoms with Crippen molar-refractivity contribution in [3.63, 3.8) is 0 Å². The Morgan fingerprint density at radius 2 is 1.80 bits per heavy atom. The zero-order valence-corrected chi connectivity index (χ0v) is 16.7. The number of thioether (sulfide) groups is 1. The van der Waals surface area contributed by atoms with Crippen molar-refractivity contribution in [3.05, 3.63) is 12.5 Å². The summed E-state index contributed by atoms with van der Waals surface area (Å²) in [5.74, 6) is 1.77. The van der Waals surface area contributed by atoms with E-state index in [1.54, 1.807) is 10.9 Å². The van der Waals surface area contributed by atoms with Gasteiger partial charge >= 0.3 is 0 Å². The molecule has 7 heteroatoms. The van der Waals surface area contributed by atoms with Gasteiger partial charge in [-0.15, -0.1) is 0 Å². The Morgan fingerprint density at radius 1 is 1.16 bits per heavy atom. The molecule has 0 atom stereocenters. The second-order valence-corrected chi connectivity index (χ2v) is 8.18. The van der Waals surface area contributed by atoms with Crippen LogP contribution in [0.2, 0.25) is 0 Å². The predicted octanol–water partition coefficient (Wildman–Crippen LogP) is 3.38. The van der Waals surface area contributed by atoms with Crippen LogP contribution in [0.5, 0.6) is 0 Å². The first-order valence-electron chi connectivity index (χ1n) is 8.91. The number of hydrogen-bond donors (Lipinski definition) is 0. The van der Waals surface area contributed by atoms with Gasteiger partial charge in [0, 0.05) is 20.1 Å². The fourth-order valence-electron chi connectivity index (χ4n) is 2.47. The van der Waals surface area contributed by atoms with Gasteiger partial charge in [-0.05, 0) is 24.7 Å². The summed E-state index contributed by atoms with van der Waals surface area (Å²) in [5.41, 5.74) is 0.793. The second-order valence-electron chi connectivity index (χ2n) is 7.22. The maximum Gasteiger partial charge on any atom is 0.232 e. The van der Waals surface area contributed by atoms with Gasteiger partial charge in [0.05, 0.1) is 17.3 Å². The molecule has 0 saturated carbocycles. The Bertz CT molecular complexity index is 686. The van der Waals surface area contributed by atoms with E-state index in [9.17, 15) is 4.79 Å². The van der Waals surface area contributed by atoms with Gasteiger partial charge in [-0.2, -0.15) is 5.10 Å². The highest BCUT2D eigenvalue weighted by molar-refractivity contribution is 8.00. The lowest BCUT2D eigenvalue weighted by Gasteiger charge is -2.24. The summed E-state index contributed by atoms with van der Waals surface area (Å²) in [6.07, 6.45) is 5.37. The third-order valence-electron chi connectivity index (χ3n) is 4.13. The molecule has 138 valence electrons. The molecule has 0 N–H and O–H groups in total. The summed E-state index contributed by atoms with van der Waals surface area (Å²) in [6.45, 7) is 10.4. The van der Waals surface area contributed by atoms with E-state index >= 15 is 0 Å². The third kappa shape index (κ3) is 5.70. The average Bonchev–Trinajstić information content (AvgIpc) is 2.94. The van der Waals surface area contributed by atoms with Crippen LogP contribution in [0.25, 0.3) is 11.0 Å². The zero-order chi connectivity index (χ0) is 18.4. The molecule has 0 unspecified atom stereocenters. The summed E-state index contributed by atoms with van der Waals surface area (Å²) in [6, 6.07) is 0. The largest absolute Gasteiger partial charge is 0.342 e. The summed E-state index contributed by atoms with van der Waals surface area (Å²) < 4.78 is 1.72. The van der Waals surface area contributed by atoms with E-state index in [0.29, 0.717) is 17.6 Å². The van der Waals surface area contributed by atoms with Crippen LogP contribution in [0.3, 0.4) is 0 Å². The minimum Gasteiger partial charge on any atom is -0.342 e. The van der Waals surface area contributed by atoms with Gasteiger partial charge in [0.1, 0.15) is 11.4 Å². The second kappa shape index (κ2) is 9.17. The molecule has 0 bridgehead atoms. The number of carbonyl (C=O) groups excluding carboxylic acids is 1. The van der Waals surface area contributed by atoms with Crippen molar-refractivity contribution in [2.75, 3.05) is 18.8 Å². The molecule has 2 aromatic rings. The molecule has 2 rings (SSSR count). The monoisotopic (exact) mass is 363 g/mol. The maximum absolute atomic E-state index is 12.7. The number of aromatic nitrogens is 4. The quantitative estimate of drug-likeness (QED) is 0.505. The lowest BCUT2D eigenvalue weighted by molar-refractivity contribution is -0.128. The van der Waals surface area contributed by atoms with Gasteiger partial charge in [-0.3, -0.25) is 9.48 Å². The fourth-order valence-corrected chi connectivity index (χ4v) is 3.33. The molecule has 0 saturated heterocycles. The minimum atomic E-state index is 0.182. The van der Waals surface area contributed by atoms with Crippen LogP contribution in [0, 0.1) is 11.8 Å². The maximum atomic E-state index is 12.7. The van der Waals surface area contributed by atoms with E-state index < -0.39 is 0 Å². The number of aryl methyl sites for hydroxylation is 1. The number of rotatable bonds is 9. The zero-order valence-electron chi connectivity index (χ0n) is 15.9. The molecule has 0 aliphatic heterocycles. The van der Waals surface area contributed by atoms with Crippen LogP contribution in [0.1, 0.15) is 40.5 Å². The smallest absolute Gasteiger partial charge is 0.232 e. The lowest BCUT2D eigenvalue weighted by Crippen LogP contribution is -2.35. The van der Waals surface area contributed by atoms with Gasteiger partial charge < -0.3 is 4.90 Å². The van der Waals surface area contributed by atoms with Crippen LogP contribution in [-0.2, 0) is 11.8 Å². The minimum absolute atomic E-state index is 0.182. The molecule has 2 aromatic heterocycles. The molecule has 0 spiro atoms. The Kier molecular flexibility index (Phi) is 7.23. The van der Waals surface area contributed by atoms with Crippen LogP contribution in [0.15, 0.2) is 17.6 Å². The van der Waals surface area contributed by atoms with Crippen LogP contribution in [-0.4, -0.2) is 49.4 Å². The van der Waals surface area contributed by atoms with Crippen molar-refractivity contribution in [3.8, 4) is 0 Å². The van der Waals surface area contributed by atoms with Gasteiger partial charge in [0.2, 0.25) is 5.91 Å². The van der Waals surface area contributed by atoms with Crippen molar-refractivity contribution in [1.29, 1.82) is 0 Å². The van der Waals surface area contributed by atoms with E-state index in [-0.39, 0.29) is 5.91 Å². The number of nitrogens with zero attached hydrogens (tertiary/aromatic N) is 5. The lowest BCUT2D eigenvalue weighted by atomic mass is 10.1. The Balaban J connectivity index is 2.00. The molecule has 25 heavy (non-hydrogen) atoms. The molecular formula is C18H29N5OS. The van der Waals surface area contributed by atoms with Gasteiger partial charge in [-0.1, -0.05) is 39.5 Å². The van der Waals surface area contributed by atoms with E-state index in [1.165, 1.54) is 18.1 Å². The molecule has 0 aliphatic carbocycles. The van der Waals surface area contributed by atoms with Gasteiger partial charge in [0.25, 0.3) is 0 Å². The van der Waals surface area contributed by atoms with Crippen molar-refractivity contribution >= 4 is 28.7 Å².